The van der Waals surface area contributed by atoms with Crippen molar-refractivity contribution in [2.45, 2.75) is 38.6 Å². The number of hydrogen-bond donors (Lipinski definition) is 1. The van der Waals surface area contributed by atoms with E-state index in [2.05, 4.69) is 16.5 Å². The highest BCUT2D eigenvalue weighted by atomic mass is 16.3. The number of hydrogen-bond acceptors (Lipinski definition) is 2. The quantitative estimate of drug-likeness (QED) is 0.878. The molecule has 3 nitrogen and oxygen atoms in total. The topological polar surface area (TPSA) is 38.1 Å². The van der Waals surface area contributed by atoms with Crippen molar-refractivity contribution >= 4 is 0 Å². The number of aryl methyl sites for hydroxylation is 1. The van der Waals surface area contributed by atoms with Gasteiger partial charge in [-0.25, -0.2) is 4.98 Å². The molecule has 1 aromatic heterocycles. The number of imidazole rings is 1. The molecule has 18 heavy (non-hydrogen) atoms. The van der Waals surface area contributed by atoms with E-state index < -0.39 is 0 Å². The molecule has 3 rings (SSSR count). The van der Waals surface area contributed by atoms with Crippen molar-refractivity contribution < 1.29 is 5.11 Å². The Hall–Kier alpha value is -1.77. The van der Waals surface area contributed by atoms with Crippen molar-refractivity contribution in [2.24, 2.45) is 0 Å². The lowest BCUT2D eigenvalue weighted by atomic mass is 10.0. The lowest BCUT2D eigenvalue weighted by Gasteiger charge is -2.24. The standard InChI is InChI=1S/C15H18N2O/c1-11-3-2-4-13-10-16-15(17(11)13)9-12-5-7-14(18)8-6-12/h5-8,10-11,18H,2-4,9H2,1H3. The van der Waals surface area contributed by atoms with Crippen LogP contribution in [0.25, 0.3) is 0 Å². The summed E-state index contributed by atoms with van der Waals surface area (Å²) < 4.78 is 2.39. The zero-order chi connectivity index (χ0) is 12.5. The molecule has 1 aromatic carbocycles. The van der Waals surface area contributed by atoms with Gasteiger partial charge in [0.25, 0.3) is 0 Å². The van der Waals surface area contributed by atoms with Gasteiger partial charge in [-0.3, -0.25) is 0 Å². The maximum Gasteiger partial charge on any atom is 0.115 e. The van der Waals surface area contributed by atoms with Gasteiger partial charge >= 0.3 is 0 Å². The van der Waals surface area contributed by atoms with E-state index in [1.807, 2.05) is 18.3 Å². The zero-order valence-electron chi connectivity index (χ0n) is 10.6. The maximum absolute atomic E-state index is 9.30. The fourth-order valence-electron chi connectivity index (χ4n) is 2.80. The Kier molecular flexibility index (Phi) is 2.82. The molecule has 0 saturated carbocycles. The molecule has 0 saturated heterocycles. The van der Waals surface area contributed by atoms with Crippen LogP contribution < -0.4 is 0 Å². The van der Waals surface area contributed by atoms with Crippen LogP contribution >= 0.6 is 0 Å². The molecule has 1 N–H and O–H groups in total. The van der Waals surface area contributed by atoms with Gasteiger partial charge in [-0.1, -0.05) is 12.1 Å². The lowest BCUT2D eigenvalue weighted by Crippen LogP contribution is -2.17. The number of nitrogens with zero attached hydrogens (tertiary/aromatic N) is 2. The van der Waals surface area contributed by atoms with Crippen LogP contribution in [0.2, 0.25) is 0 Å². The minimum Gasteiger partial charge on any atom is -0.508 e. The summed E-state index contributed by atoms with van der Waals surface area (Å²) in [7, 11) is 0. The van der Waals surface area contributed by atoms with Gasteiger partial charge in [0.2, 0.25) is 0 Å². The summed E-state index contributed by atoms with van der Waals surface area (Å²) in [4.78, 5) is 4.57. The van der Waals surface area contributed by atoms with Crippen LogP contribution in [0.1, 0.15) is 42.9 Å². The summed E-state index contributed by atoms with van der Waals surface area (Å²) in [6.45, 7) is 2.27. The highest BCUT2D eigenvalue weighted by molar-refractivity contribution is 5.28. The fraction of sp³-hybridized carbons (Fsp3) is 0.400. The predicted octanol–water partition coefficient (Wildman–Crippen LogP) is 3.08. The number of phenolic OH excluding ortho intramolecular Hbond substituents is 1. The Bertz CT molecular complexity index is 542. The number of fused-ring (bicyclic) bond motifs is 1. The summed E-state index contributed by atoms with van der Waals surface area (Å²) in [5, 5.41) is 9.30. The highest BCUT2D eigenvalue weighted by Gasteiger charge is 2.19. The van der Waals surface area contributed by atoms with Gasteiger partial charge in [0.1, 0.15) is 11.6 Å². The first-order chi connectivity index (χ1) is 8.74. The molecule has 0 radical (unpaired) electrons. The van der Waals surface area contributed by atoms with E-state index in [-0.39, 0.29) is 0 Å². The number of aromatic hydroxyl groups is 1. The van der Waals surface area contributed by atoms with Gasteiger partial charge in [0.05, 0.1) is 0 Å². The third-order valence-corrected chi connectivity index (χ3v) is 3.74. The van der Waals surface area contributed by atoms with E-state index in [0.29, 0.717) is 11.8 Å². The fourth-order valence-corrected chi connectivity index (χ4v) is 2.80. The summed E-state index contributed by atoms with van der Waals surface area (Å²) in [6.07, 6.45) is 6.51. The summed E-state index contributed by atoms with van der Waals surface area (Å²) in [5.74, 6) is 1.46. The molecule has 1 unspecified atom stereocenters. The van der Waals surface area contributed by atoms with Gasteiger partial charge < -0.3 is 9.67 Å². The SMILES string of the molecule is CC1CCCc2cnc(Cc3ccc(O)cc3)n21. The zero-order valence-corrected chi connectivity index (χ0v) is 10.6. The molecule has 1 atom stereocenters. The van der Waals surface area contributed by atoms with E-state index in [1.54, 1.807) is 12.1 Å². The summed E-state index contributed by atoms with van der Waals surface area (Å²) in [5.41, 5.74) is 2.56. The van der Waals surface area contributed by atoms with E-state index in [0.717, 1.165) is 18.7 Å². The third-order valence-electron chi connectivity index (χ3n) is 3.74. The Morgan fingerprint density at radius 1 is 1.33 bits per heavy atom. The number of aromatic nitrogens is 2. The van der Waals surface area contributed by atoms with Gasteiger partial charge in [0, 0.05) is 24.4 Å². The van der Waals surface area contributed by atoms with Crippen LogP contribution in [0.3, 0.4) is 0 Å². The molecule has 3 heteroatoms. The average Bonchev–Trinajstić information content (AvgIpc) is 2.77. The molecule has 2 aromatic rings. The Morgan fingerprint density at radius 3 is 2.89 bits per heavy atom. The van der Waals surface area contributed by atoms with Crippen LogP contribution in [0.5, 0.6) is 5.75 Å². The average molecular weight is 242 g/mol. The first-order valence-corrected chi connectivity index (χ1v) is 6.57. The number of phenols is 1. The molecule has 1 aliphatic rings. The largest absolute Gasteiger partial charge is 0.508 e. The smallest absolute Gasteiger partial charge is 0.115 e. The van der Waals surface area contributed by atoms with Gasteiger partial charge in [-0.15, -0.1) is 0 Å². The maximum atomic E-state index is 9.30. The second-order valence-electron chi connectivity index (χ2n) is 5.12. The van der Waals surface area contributed by atoms with Crippen molar-refractivity contribution in [3.05, 3.63) is 47.5 Å². The molecule has 0 fully saturated rings. The molecule has 2 heterocycles. The molecule has 94 valence electrons. The minimum atomic E-state index is 0.317. The Labute approximate surface area is 107 Å². The molecule has 0 aliphatic carbocycles. The van der Waals surface area contributed by atoms with Gasteiger partial charge in [0.15, 0.2) is 0 Å². The van der Waals surface area contributed by atoms with Gasteiger partial charge in [-0.05, 0) is 43.9 Å². The molecule has 0 amide bonds. The molecule has 0 spiro atoms. The van der Waals surface area contributed by atoms with Crippen LogP contribution in [0, 0.1) is 0 Å². The monoisotopic (exact) mass is 242 g/mol. The first-order valence-electron chi connectivity index (χ1n) is 6.57. The minimum absolute atomic E-state index is 0.317. The lowest BCUT2D eigenvalue weighted by molar-refractivity contribution is 0.421. The van der Waals surface area contributed by atoms with E-state index >= 15 is 0 Å². The van der Waals surface area contributed by atoms with E-state index in [1.165, 1.54) is 24.1 Å². The summed E-state index contributed by atoms with van der Waals surface area (Å²) in [6, 6.07) is 7.95. The van der Waals surface area contributed by atoms with Crippen molar-refractivity contribution in [2.75, 3.05) is 0 Å². The van der Waals surface area contributed by atoms with Crippen LogP contribution in [0.4, 0.5) is 0 Å². The van der Waals surface area contributed by atoms with E-state index in [9.17, 15) is 5.11 Å². The van der Waals surface area contributed by atoms with E-state index in [4.69, 9.17) is 0 Å². The second-order valence-corrected chi connectivity index (χ2v) is 5.12. The molecular weight excluding hydrogens is 224 g/mol. The van der Waals surface area contributed by atoms with Crippen molar-refractivity contribution in [1.29, 1.82) is 0 Å². The van der Waals surface area contributed by atoms with Crippen molar-refractivity contribution in [1.82, 2.24) is 9.55 Å². The highest BCUT2D eigenvalue weighted by Crippen LogP contribution is 2.27. The van der Waals surface area contributed by atoms with Crippen molar-refractivity contribution in [3.63, 3.8) is 0 Å². The third kappa shape index (κ3) is 2.01. The van der Waals surface area contributed by atoms with Crippen LogP contribution in [-0.2, 0) is 12.8 Å². The Balaban J connectivity index is 1.89. The predicted molar refractivity (Wildman–Crippen MR) is 70.8 cm³/mol. The number of benzene rings is 1. The molecule has 1 aliphatic heterocycles. The first kappa shape index (κ1) is 11.3. The second kappa shape index (κ2) is 4.48. The number of rotatable bonds is 2. The molecular formula is C15H18N2O. The van der Waals surface area contributed by atoms with Gasteiger partial charge in [-0.2, -0.15) is 0 Å². The van der Waals surface area contributed by atoms with Crippen LogP contribution in [-0.4, -0.2) is 14.7 Å². The Morgan fingerprint density at radius 2 is 2.11 bits per heavy atom. The normalized spacial score (nSPS) is 18.6. The summed E-state index contributed by atoms with van der Waals surface area (Å²) >= 11 is 0. The van der Waals surface area contributed by atoms with Crippen LogP contribution in [0.15, 0.2) is 30.5 Å². The van der Waals surface area contributed by atoms with Crippen molar-refractivity contribution in [3.8, 4) is 5.75 Å². The molecule has 0 bridgehead atoms.